The van der Waals surface area contributed by atoms with Crippen molar-refractivity contribution < 1.29 is 0 Å². The van der Waals surface area contributed by atoms with E-state index in [2.05, 4.69) is 30.8 Å². The standard InChI is InChI=1S/C13H20ClN3S2/c1-4-5-6-7-13(2,3)16-12-15-9-8-10(14)18-11(9)19-17-12/h8H,4-7H2,1-3H3,(H2,15,16,17). The molecule has 19 heavy (non-hydrogen) atoms. The van der Waals surface area contributed by atoms with Gasteiger partial charge in [0, 0.05) is 11.9 Å². The summed E-state index contributed by atoms with van der Waals surface area (Å²) >= 11 is 9.17. The highest BCUT2D eigenvalue weighted by molar-refractivity contribution is 8.00. The van der Waals surface area contributed by atoms with Gasteiger partial charge in [-0.3, -0.25) is 4.72 Å². The summed E-state index contributed by atoms with van der Waals surface area (Å²) in [6, 6.07) is 1.95. The molecule has 0 bridgehead atoms. The molecule has 0 spiro atoms. The Bertz CT molecular complexity index is 468. The molecule has 2 rings (SSSR count). The van der Waals surface area contributed by atoms with E-state index in [4.69, 9.17) is 16.6 Å². The molecule has 0 fully saturated rings. The lowest BCUT2D eigenvalue weighted by atomic mass is 9.98. The van der Waals surface area contributed by atoms with Gasteiger partial charge in [0.05, 0.1) is 15.6 Å². The molecular formula is C13H20ClN3S2. The van der Waals surface area contributed by atoms with Crippen LogP contribution in [0.15, 0.2) is 15.3 Å². The van der Waals surface area contributed by atoms with E-state index in [0.29, 0.717) is 0 Å². The Hall–Kier alpha value is -0.390. The van der Waals surface area contributed by atoms with Crippen LogP contribution in [0.2, 0.25) is 4.34 Å². The van der Waals surface area contributed by atoms with E-state index in [1.54, 1.807) is 23.3 Å². The zero-order valence-electron chi connectivity index (χ0n) is 11.5. The predicted octanol–water partition coefficient (Wildman–Crippen LogP) is 5.14. The summed E-state index contributed by atoms with van der Waals surface area (Å²) in [5.74, 6) is 0.827. The number of hydrogen-bond acceptors (Lipinski definition) is 3. The van der Waals surface area contributed by atoms with Gasteiger partial charge in [-0.25, -0.2) is 4.99 Å². The molecule has 0 unspecified atom stereocenters. The lowest BCUT2D eigenvalue weighted by Gasteiger charge is -2.24. The SMILES string of the molecule is CCCCCC(C)(C)N=C1NSc2sc(Cl)cc2N1. The first-order valence-corrected chi connectivity index (χ1v) is 8.60. The van der Waals surface area contributed by atoms with Gasteiger partial charge in [-0.05, 0) is 26.3 Å². The van der Waals surface area contributed by atoms with Crippen molar-refractivity contribution in [3.8, 4) is 0 Å². The summed E-state index contributed by atoms with van der Waals surface area (Å²) in [4.78, 5) is 4.78. The molecule has 6 heteroatoms. The first kappa shape index (κ1) is 15.0. The summed E-state index contributed by atoms with van der Waals surface area (Å²) in [7, 11) is 0. The average Bonchev–Trinajstić information content (AvgIpc) is 2.68. The molecule has 0 aromatic carbocycles. The summed E-state index contributed by atoms with van der Waals surface area (Å²) in [5, 5.41) is 3.31. The molecule has 1 aromatic heterocycles. The lowest BCUT2D eigenvalue weighted by Crippen LogP contribution is -2.32. The number of hydrogen-bond donors (Lipinski definition) is 2. The Kier molecular flexibility index (Phi) is 5.03. The van der Waals surface area contributed by atoms with Crippen LogP contribution in [0.3, 0.4) is 0 Å². The highest BCUT2D eigenvalue weighted by Crippen LogP contribution is 2.39. The lowest BCUT2D eigenvalue weighted by molar-refractivity contribution is 0.451. The molecule has 0 saturated carbocycles. The third kappa shape index (κ3) is 4.29. The van der Waals surface area contributed by atoms with Gasteiger partial charge in [0.25, 0.3) is 0 Å². The van der Waals surface area contributed by atoms with E-state index in [1.165, 1.54) is 19.3 Å². The minimum atomic E-state index is -0.0393. The van der Waals surface area contributed by atoms with Crippen LogP contribution in [0.1, 0.15) is 46.5 Å². The monoisotopic (exact) mass is 317 g/mol. The fourth-order valence-corrected chi connectivity index (χ4v) is 4.09. The highest BCUT2D eigenvalue weighted by atomic mass is 35.5. The molecule has 2 heterocycles. The Labute approximate surface area is 128 Å². The fourth-order valence-electron chi connectivity index (χ4n) is 1.97. The third-order valence-electron chi connectivity index (χ3n) is 2.97. The smallest absolute Gasteiger partial charge is 0.206 e. The fraction of sp³-hybridized carbons (Fsp3) is 0.615. The molecule has 0 saturated heterocycles. The van der Waals surface area contributed by atoms with Crippen LogP contribution in [0.25, 0.3) is 0 Å². The van der Waals surface area contributed by atoms with Gasteiger partial charge in [0.15, 0.2) is 0 Å². The maximum Gasteiger partial charge on any atom is 0.206 e. The molecular weight excluding hydrogens is 298 g/mol. The van der Waals surface area contributed by atoms with Crippen LogP contribution in [-0.4, -0.2) is 11.5 Å². The van der Waals surface area contributed by atoms with E-state index in [0.717, 1.165) is 26.6 Å². The number of guanidine groups is 1. The number of anilines is 1. The number of rotatable bonds is 5. The third-order valence-corrected chi connectivity index (χ3v) is 5.23. The number of thiophene rings is 1. The molecule has 1 aliphatic heterocycles. The minimum absolute atomic E-state index is 0.0393. The maximum atomic E-state index is 6.01. The normalized spacial score (nSPS) is 16.9. The van der Waals surface area contributed by atoms with Crippen LogP contribution in [-0.2, 0) is 0 Å². The molecule has 0 atom stereocenters. The molecule has 106 valence electrons. The Balaban J connectivity index is 2.00. The second-order valence-electron chi connectivity index (χ2n) is 5.31. The number of nitrogens with one attached hydrogen (secondary N) is 2. The average molecular weight is 318 g/mol. The van der Waals surface area contributed by atoms with Crippen molar-refractivity contribution in [3.63, 3.8) is 0 Å². The van der Waals surface area contributed by atoms with E-state index in [1.807, 2.05) is 6.07 Å². The van der Waals surface area contributed by atoms with Crippen molar-refractivity contribution in [2.45, 2.75) is 56.2 Å². The molecule has 1 aliphatic rings. The first-order valence-electron chi connectivity index (χ1n) is 6.59. The topological polar surface area (TPSA) is 36.4 Å². The van der Waals surface area contributed by atoms with Crippen LogP contribution in [0.5, 0.6) is 0 Å². The second-order valence-corrected chi connectivity index (χ2v) is 8.07. The van der Waals surface area contributed by atoms with Crippen molar-refractivity contribution in [3.05, 3.63) is 10.4 Å². The Morgan fingerprint density at radius 2 is 2.16 bits per heavy atom. The number of nitrogens with zero attached hydrogens (tertiary/aromatic N) is 1. The van der Waals surface area contributed by atoms with E-state index in [9.17, 15) is 0 Å². The summed E-state index contributed by atoms with van der Waals surface area (Å²) < 4.78 is 5.20. The van der Waals surface area contributed by atoms with Crippen LogP contribution < -0.4 is 10.0 Å². The maximum absolute atomic E-state index is 6.01. The van der Waals surface area contributed by atoms with E-state index < -0.39 is 0 Å². The minimum Gasteiger partial charge on any atom is -0.324 e. The predicted molar refractivity (Wildman–Crippen MR) is 87.6 cm³/mol. The summed E-state index contributed by atoms with van der Waals surface area (Å²) in [5.41, 5.74) is 1.02. The molecule has 0 aliphatic carbocycles. The van der Waals surface area contributed by atoms with Gasteiger partial charge in [-0.1, -0.05) is 37.8 Å². The number of unbranched alkanes of at least 4 members (excludes halogenated alkanes) is 2. The summed E-state index contributed by atoms with van der Waals surface area (Å²) in [6.45, 7) is 6.58. The van der Waals surface area contributed by atoms with Crippen molar-refractivity contribution in [1.29, 1.82) is 0 Å². The highest BCUT2D eigenvalue weighted by Gasteiger charge is 2.21. The molecule has 1 aromatic rings. The van der Waals surface area contributed by atoms with Crippen LogP contribution >= 0.6 is 34.9 Å². The molecule has 3 nitrogen and oxygen atoms in total. The van der Waals surface area contributed by atoms with Crippen LogP contribution in [0.4, 0.5) is 5.69 Å². The summed E-state index contributed by atoms with van der Waals surface area (Å²) in [6.07, 6.45) is 4.85. The van der Waals surface area contributed by atoms with Crippen LogP contribution in [0, 0.1) is 0 Å². The quantitative estimate of drug-likeness (QED) is 0.583. The Morgan fingerprint density at radius 3 is 2.89 bits per heavy atom. The van der Waals surface area contributed by atoms with Gasteiger partial charge < -0.3 is 5.32 Å². The largest absolute Gasteiger partial charge is 0.324 e. The zero-order chi connectivity index (χ0) is 13.9. The van der Waals surface area contributed by atoms with Crippen molar-refractivity contribution in [2.75, 3.05) is 5.32 Å². The van der Waals surface area contributed by atoms with Gasteiger partial charge in [-0.15, -0.1) is 11.3 Å². The first-order chi connectivity index (χ1) is 9.00. The number of fused-ring (bicyclic) bond motifs is 1. The van der Waals surface area contributed by atoms with Crippen molar-refractivity contribution in [2.24, 2.45) is 4.99 Å². The Morgan fingerprint density at radius 1 is 1.37 bits per heavy atom. The van der Waals surface area contributed by atoms with Crippen molar-refractivity contribution >= 4 is 46.5 Å². The number of halogens is 1. The van der Waals surface area contributed by atoms with Gasteiger partial charge >= 0.3 is 0 Å². The van der Waals surface area contributed by atoms with Gasteiger partial charge in [-0.2, -0.15) is 0 Å². The van der Waals surface area contributed by atoms with E-state index in [-0.39, 0.29) is 5.54 Å². The van der Waals surface area contributed by atoms with Crippen molar-refractivity contribution in [1.82, 2.24) is 4.72 Å². The second kappa shape index (κ2) is 6.37. The molecule has 2 N–H and O–H groups in total. The number of aliphatic imine (C=N–C) groups is 1. The van der Waals surface area contributed by atoms with E-state index >= 15 is 0 Å². The molecule has 0 radical (unpaired) electrons. The van der Waals surface area contributed by atoms with Gasteiger partial charge in [0.1, 0.15) is 4.21 Å². The molecule has 0 amide bonds. The zero-order valence-corrected chi connectivity index (χ0v) is 13.9. The van der Waals surface area contributed by atoms with Gasteiger partial charge in [0.2, 0.25) is 5.96 Å².